The van der Waals surface area contributed by atoms with Gasteiger partial charge in [-0.05, 0) is 56.0 Å². The number of halogens is 3. The first kappa shape index (κ1) is 30.9. The maximum Gasteiger partial charge on any atom is 0.269 e. The van der Waals surface area contributed by atoms with Crippen molar-refractivity contribution >= 4 is 34.8 Å². The second kappa shape index (κ2) is 13.0. The first-order valence-electron chi connectivity index (χ1n) is 15.1. The molecule has 2 amide bonds. The Morgan fingerprint density at radius 2 is 1.84 bits per heavy atom. The molecule has 2 atom stereocenters. The minimum Gasteiger partial charge on any atom is -0.372 e. The lowest BCUT2D eigenvalue weighted by Crippen LogP contribution is -2.53. The van der Waals surface area contributed by atoms with Gasteiger partial charge in [-0.1, -0.05) is 48.9 Å². The molecule has 0 bridgehead atoms. The van der Waals surface area contributed by atoms with Gasteiger partial charge in [0.25, 0.3) is 5.92 Å². The van der Waals surface area contributed by atoms with Crippen molar-refractivity contribution in [3.63, 3.8) is 0 Å². The normalized spacial score (nSPS) is 20.1. The van der Waals surface area contributed by atoms with E-state index in [0.717, 1.165) is 42.7 Å². The third-order valence-corrected chi connectivity index (χ3v) is 8.69. The summed E-state index contributed by atoms with van der Waals surface area (Å²) in [5.41, 5.74) is 4.16. The predicted octanol–water partition coefficient (Wildman–Crippen LogP) is 6.07. The van der Waals surface area contributed by atoms with E-state index < -0.39 is 30.2 Å². The minimum absolute atomic E-state index is 0.00459. The van der Waals surface area contributed by atoms with Crippen molar-refractivity contribution in [2.75, 3.05) is 42.5 Å². The van der Waals surface area contributed by atoms with E-state index in [9.17, 15) is 9.59 Å². The molecule has 0 N–H and O–H groups in total. The maximum atomic E-state index is 15.4. The van der Waals surface area contributed by atoms with E-state index in [-0.39, 0.29) is 38.4 Å². The first-order chi connectivity index (χ1) is 20.6. The lowest BCUT2D eigenvalue weighted by molar-refractivity contribution is -0.155. The number of likely N-dealkylation sites (tertiary alicyclic amines) is 1. The summed E-state index contributed by atoms with van der Waals surface area (Å²) < 4.78 is 32.3. The van der Waals surface area contributed by atoms with Crippen LogP contribution in [-0.4, -0.2) is 70.4 Å². The number of alkyl halides is 2. The Morgan fingerprint density at radius 3 is 2.51 bits per heavy atom. The Kier molecular flexibility index (Phi) is 9.34. The zero-order valence-corrected chi connectivity index (χ0v) is 25.7. The van der Waals surface area contributed by atoms with Crippen molar-refractivity contribution in [3.8, 4) is 11.3 Å². The highest BCUT2D eigenvalue weighted by Gasteiger charge is 2.48. The van der Waals surface area contributed by atoms with Gasteiger partial charge in [0.2, 0.25) is 11.8 Å². The van der Waals surface area contributed by atoms with E-state index in [1.807, 2.05) is 25.1 Å². The van der Waals surface area contributed by atoms with Gasteiger partial charge in [-0.25, -0.2) is 8.78 Å². The van der Waals surface area contributed by atoms with Crippen LogP contribution in [0.25, 0.3) is 11.3 Å². The van der Waals surface area contributed by atoms with E-state index in [1.165, 1.54) is 14.5 Å². The Hall–Kier alpha value is -3.53. The maximum absolute atomic E-state index is 15.4. The Labute approximate surface area is 256 Å². The summed E-state index contributed by atoms with van der Waals surface area (Å²) in [4.78, 5) is 31.2. The summed E-state index contributed by atoms with van der Waals surface area (Å²) in [6, 6.07) is 13.4. The molecule has 3 aromatic rings. The fourth-order valence-corrected chi connectivity index (χ4v) is 6.30. The number of benzene rings is 2. The Bertz CT molecular complexity index is 1440. The molecule has 1 aromatic heterocycles. The standard InChI is InChI=1S/C32H39ClF2N6O2/c1-4-13-38(14-5-2)27-10-7-23(8-11-27)28-20-40(37-36-28)19-25-12-15-39(21-32(25,34)35)31(43)24-16-30(42)41(18-24)29-17-26(33)9-6-22(29)3/h6-11,17,20,24-25H,4-5,12-16,18-19,21H2,1-3H3. The van der Waals surface area contributed by atoms with Crippen molar-refractivity contribution in [1.82, 2.24) is 19.9 Å². The summed E-state index contributed by atoms with van der Waals surface area (Å²) in [7, 11) is 0. The third-order valence-electron chi connectivity index (χ3n) is 8.46. The highest BCUT2D eigenvalue weighted by atomic mass is 35.5. The van der Waals surface area contributed by atoms with E-state index in [1.54, 1.807) is 18.3 Å². The summed E-state index contributed by atoms with van der Waals surface area (Å²) in [5.74, 6) is -5.37. The number of rotatable bonds is 10. The van der Waals surface area contributed by atoms with Crippen LogP contribution in [0.3, 0.4) is 0 Å². The van der Waals surface area contributed by atoms with Gasteiger partial charge in [0.1, 0.15) is 5.69 Å². The molecule has 0 saturated carbocycles. The molecule has 2 saturated heterocycles. The van der Waals surface area contributed by atoms with Crippen molar-refractivity contribution in [2.45, 2.75) is 58.9 Å². The predicted molar refractivity (Wildman–Crippen MR) is 165 cm³/mol. The molecule has 0 spiro atoms. The van der Waals surface area contributed by atoms with Crippen LogP contribution in [0.2, 0.25) is 5.02 Å². The molecule has 8 nitrogen and oxygen atoms in total. The number of aromatic nitrogens is 3. The van der Waals surface area contributed by atoms with Gasteiger partial charge in [-0.15, -0.1) is 5.10 Å². The number of amides is 2. The second-order valence-electron chi connectivity index (χ2n) is 11.7. The molecule has 2 aliphatic rings. The van der Waals surface area contributed by atoms with E-state index in [0.29, 0.717) is 16.4 Å². The lowest BCUT2D eigenvalue weighted by atomic mass is 9.91. The van der Waals surface area contributed by atoms with Gasteiger partial charge in [0.05, 0.1) is 25.2 Å². The number of aryl methyl sites for hydroxylation is 1. The van der Waals surface area contributed by atoms with Crippen molar-refractivity contribution < 1.29 is 18.4 Å². The summed E-state index contributed by atoms with van der Waals surface area (Å²) in [6.45, 7) is 7.85. The zero-order valence-electron chi connectivity index (χ0n) is 25.0. The monoisotopic (exact) mass is 612 g/mol. The van der Waals surface area contributed by atoms with Gasteiger partial charge in [0, 0.05) is 60.5 Å². The van der Waals surface area contributed by atoms with Crippen LogP contribution >= 0.6 is 11.6 Å². The number of hydrogen-bond acceptors (Lipinski definition) is 5. The number of anilines is 2. The highest BCUT2D eigenvalue weighted by Crippen LogP contribution is 2.37. The first-order valence-corrected chi connectivity index (χ1v) is 15.5. The van der Waals surface area contributed by atoms with Crippen LogP contribution in [0.4, 0.5) is 20.2 Å². The smallest absolute Gasteiger partial charge is 0.269 e. The second-order valence-corrected chi connectivity index (χ2v) is 12.1. The number of hydrogen-bond donors (Lipinski definition) is 0. The fourth-order valence-electron chi connectivity index (χ4n) is 6.13. The van der Waals surface area contributed by atoms with Crippen LogP contribution in [0, 0.1) is 18.8 Å². The molecule has 11 heteroatoms. The van der Waals surface area contributed by atoms with Gasteiger partial charge in [-0.3, -0.25) is 14.3 Å². The van der Waals surface area contributed by atoms with Gasteiger partial charge in [-0.2, -0.15) is 0 Å². The SMILES string of the molecule is CCCN(CCC)c1ccc(-c2cn(CC3CCN(C(=O)C4CC(=O)N(c5cc(Cl)ccc5C)C4)CC3(F)F)nn2)cc1. The van der Waals surface area contributed by atoms with E-state index in [4.69, 9.17) is 11.6 Å². The van der Waals surface area contributed by atoms with Crippen molar-refractivity contribution in [3.05, 3.63) is 59.2 Å². The lowest BCUT2D eigenvalue weighted by Gasteiger charge is -2.39. The molecule has 3 heterocycles. The quantitative estimate of drug-likeness (QED) is 0.278. The molecule has 0 radical (unpaired) electrons. The minimum atomic E-state index is -3.10. The molecular formula is C32H39ClF2N6O2. The average Bonchev–Trinajstić information content (AvgIpc) is 3.61. The largest absolute Gasteiger partial charge is 0.372 e. The van der Waals surface area contributed by atoms with Gasteiger partial charge >= 0.3 is 0 Å². The van der Waals surface area contributed by atoms with Gasteiger partial charge in [0.15, 0.2) is 0 Å². The van der Waals surface area contributed by atoms with Crippen molar-refractivity contribution in [1.29, 1.82) is 0 Å². The molecular weight excluding hydrogens is 574 g/mol. The summed E-state index contributed by atoms with van der Waals surface area (Å²) in [5, 5.41) is 8.86. The Morgan fingerprint density at radius 1 is 1.12 bits per heavy atom. The fraction of sp³-hybridized carbons (Fsp3) is 0.500. The summed E-state index contributed by atoms with van der Waals surface area (Å²) >= 11 is 6.13. The number of carbonyl (C=O) groups is 2. The highest BCUT2D eigenvalue weighted by molar-refractivity contribution is 6.31. The van der Waals surface area contributed by atoms with Crippen LogP contribution in [0.5, 0.6) is 0 Å². The molecule has 5 rings (SSSR count). The number of piperidine rings is 1. The zero-order chi connectivity index (χ0) is 30.7. The number of carbonyl (C=O) groups excluding carboxylic acids is 2. The van der Waals surface area contributed by atoms with Crippen LogP contribution in [0.1, 0.15) is 45.1 Å². The molecule has 2 aliphatic heterocycles. The topological polar surface area (TPSA) is 74.6 Å². The van der Waals surface area contributed by atoms with Crippen LogP contribution < -0.4 is 9.80 Å². The van der Waals surface area contributed by atoms with E-state index >= 15 is 8.78 Å². The molecule has 2 fully saturated rings. The Balaban J connectivity index is 1.19. The van der Waals surface area contributed by atoms with Gasteiger partial charge < -0.3 is 14.7 Å². The molecule has 230 valence electrons. The third kappa shape index (κ3) is 6.84. The molecule has 2 unspecified atom stereocenters. The molecule has 43 heavy (non-hydrogen) atoms. The van der Waals surface area contributed by atoms with E-state index in [2.05, 4.69) is 41.2 Å². The van der Waals surface area contributed by atoms with Crippen molar-refractivity contribution in [2.24, 2.45) is 11.8 Å². The molecule has 2 aromatic carbocycles. The summed E-state index contributed by atoms with van der Waals surface area (Å²) in [6.07, 6.45) is 3.96. The number of nitrogens with zero attached hydrogens (tertiary/aromatic N) is 6. The van der Waals surface area contributed by atoms with Crippen LogP contribution in [0.15, 0.2) is 48.7 Å². The van der Waals surface area contributed by atoms with Crippen LogP contribution in [-0.2, 0) is 16.1 Å². The average molecular weight is 613 g/mol. The molecule has 0 aliphatic carbocycles.